The monoisotopic (exact) mass is 373 g/mol. The van der Waals surface area contributed by atoms with E-state index in [1.165, 1.54) is 0 Å². The highest BCUT2D eigenvalue weighted by Gasteiger charge is 2.55. The molecular weight excluding hydrogens is 354 g/mol. The van der Waals surface area contributed by atoms with E-state index in [-0.39, 0.29) is 5.91 Å². The molecule has 0 unspecified atom stereocenters. The Morgan fingerprint density at radius 3 is 2.73 bits per heavy atom. The molecule has 1 amide bonds. The van der Waals surface area contributed by atoms with Crippen LogP contribution in [0.1, 0.15) is 17.5 Å². The molecule has 6 heteroatoms. The third-order valence-electron chi connectivity index (χ3n) is 4.70. The molecule has 0 bridgehead atoms. The molecule has 1 fully saturated rings. The Kier molecular flexibility index (Phi) is 4.61. The summed E-state index contributed by atoms with van der Waals surface area (Å²) < 4.78 is 17.3. The molecule has 0 N–H and O–H groups in total. The number of halogens is 1. The summed E-state index contributed by atoms with van der Waals surface area (Å²) in [4.78, 5) is 14.7. The van der Waals surface area contributed by atoms with Crippen molar-refractivity contribution in [1.29, 1.82) is 0 Å². The van der Waals surface area contributed by atoms with Crippen LogP contribution in [-0.2, 0) is 20.1 Å². The standard InChI is InChI=1S/C20H20ClNO4/c1-14-5-2-3-6-18(14)24-10-4-9-22-17-8-7-15(21)13-16(17)20(19(22)23)25-11-12-26-20/h2-3,5-8,13H,4,9-12H2,1H3. The Morgan fingerprint density at radius 2 is 1.96 bits per heavy atom. The van der Waals surface area contributed by atoms with Gasteiger partial charge >= 0.3 is 0 Å². The molecule has 5 nitrogen and oxygen atoms in total. The van der Waals surface area contributed by atoms with Gasteiger partial charge in [0.1, 0.15) is 5.75 Å². The van der Waals surface area contributed by atoms with E-state index in [1.807, 2.05) is 37.3 Å². The lowest BCUT2D eigenvalue weighted by molar-refractivity contribution is -0.180. The number of ether oxygens (including phenoxy) is 3. The highest BCUT2D eigenvalue weighted by atomic mass is 35.5. The van der Waals surface area contributed by atoms with E-state index < -0.39 is 5.79 Å². The van der Waals surface area contributed by atoms with E-state index in [0.717, 1.165) is 17.0 Å². The molecule has 0 radical (unpaired) electrons. The van der Waals surface area contributed by atoms with Gasteiger partial charge in [0, 0.05) is 17.1 Å². The third kappa shape index (κ3) is 2.86. The number of anilines is 1. The molecule has 4 rings (SSSR count). The van der Waals surface area contributed by atoms with Gasteiger partial charge in [-0.25, -0.2) is 0 Å². The van der Waals surface area contributed by atoms with Crippen LogP contribution in [0.4, 0.5) is 5.69 Å². The second-order valence-electron chi connectivity index (χ2n) is 6.40. The first-order chi connectivity index (χ1) is 12.6. The third-order valence-corrected chi connectivity index (χ3v) is 4.94. The maximum atomic E-state index is 13.0. The van der Waals surface area contributed by atoms with Crippen molar-refractivity contribution in [3.8, 4) is 5.75 Å². The van der Waals surface area contributed by atoms with E-state index in [1.54, 1.807) is 17.0 Å². The van der Waals surface area contributed by atoms with Crippen LogP contribution in [0, 0.1) is 6.92 Å². The Hall–Kier alpha value is -2.08. The SMILES string of the molecule is Cc1ccccc1OCCCN1C(=O)C2(OCCO2)c2cc(Cl)ccc21. The van der Waals surface area contributed by atoms with Crippen LogP contribution in [-0.4, -0.2) is 32.3 Å². The first kappa shape index (κ1) is 17.3. The van der Waals surface area contributed by atoms with E-state index in [4.69, 9.17) is 25.8 Å². The Morgan fingerprint density at radius 1 is 1.19 bits per heavy atom. The lowest BCUT2D eigenvalue weighted by Crippen LogP contribution is -2.41. The number of nitrogens with zero attached hydrogens (tertiary/aromatic N) is 1. The molecule has 2 heterocycles. The second-order valence-corrected chi connectivity index (χ2v) is 6.84. The normalized spacial score (nSPS) is 17.8. The molecule has 2 aliphatic heterocycles. The van der Waals surface area contributed by atoms with Gasteiger partial charge < -0.3 is 19.1 Å². The number of para-hydroxylation sites is 1. The molecule has 0 saturated carbocycles. The van der Waals surface area contributed by atoms with Gasteiger partial charge in [0.2, 0.25) is 0 Å². The van der Waals surface area contributed by atoms with Crippen LogP contribution >= 0.6 is 11.6 Å². The van der Waals surface area contributed by atoms with Gasteiger partial charge in [-0.1, -0.05) is 29.8 Å². The summed E-state index contributed by atoms with van der Waals surface area (Å²) in [7, 11) is 0. The topological polar surface area (TPSA) is 48.0 Å². The zero-order valence-corrected chi connectivity index (χ0v) is 15.3. The maximum Gasteiger partial charge on any atom is 0.292 e. The fraction of sp³-hybridized carbons (Fsp3) is 0.350. The minimum absolute atomic E-state index is 0.192. The van der Waals surface area contributed by atoms with E-state index in [0.29, 0.717) is 43.4 Å². The molecule has 26 heavy (non-hydrogen) atoms. The zero-order valence-electron chi connectivity index (χ0n) is 14.5. The molecule has 1 spiro atoms. The van der Waals surface area contributed by atoms with Crippen molar-refractivity contribution >= 4 is 23.2 Å². The van der Waals surface area contributed by atoms with Crippen LogP contribution in [0.2, 0.25) is 5.02 Å². The molecule has 0 aliphatic carbocycles. The van der Waals surface area contributed by atoms with Gasteiger partial charge in [-0.2, -0.15) is 0 Å². The van der Waals surface area contributed by atoms with Crippen molar-refractivity contribution in [2.24, 2.45) is 0 Å². The summed E-state index contributed by atoms with van der Waals surface area (Å²) in [6.07, 6.45) is 0.693. The molecule has 0 aromatic heterocycles. The summed E-state index contributed by atoms with van der Waals surface area (Å²) in [5, 5.41) is 0.555. The minimum Gasteiger partial charge on any atom is -0.493 e. The Labute approximate surface area is 157 Å². The highest BCUT2D eigenvalue weighted by molar-refractivity contribution is 6.31. The smallest absolute Gasteiger partial charge is 0.292 e. The van der Waals surface area contributed by atoms with Gasteiger partial charge in [0.25, 0.3) is 11.7 Å². The molecule has 136 valence electrons. The summed E-state index contributed by atoms with van der Waals surface area (Å²) in [5.41, 5.74) is 2.57. The van der Waals surface area contributed by atoms with Gasteiger partial charge in [-0.15, -0.1) is 0 Å². The number of fused-ring (bicyclic) bond motifs is 2. The van der Waals surface area contributed by atoms with Crippen LogP contribution in [0.5, 0.6) is 5.75 Å². The Balaban J connectivity index is 1.47. The van der Waals surface area contributed by atoms with Crippen molar-refractivity contribution in [2.45, 2.75) is 19.1 Å². The quantitative estimate of drug-likeness (QED) is 0.750. The lowest BCUT2D eigenvalue weighted by atomic mass is 10.1. The van der Waals surface area contributed by atoms with Crippen LogP contribution < -0.4 is 9.64 Å². The number of rotatable bonds is 5. The van der Waals surface area contributed by atoms with Crippen LogP contribution in [0.25, 0.3) is 0 Å². The van der Waals surface area contributed by atoms with Crippen LogP contribution in [0.3, 0.4) is 0 Å². The Bertz CT molecular complexity index is 832. The first-order valence-corrected chi connectivity index (χ1v) is 9.08. The summed E-state index contributed by atoms with van der Waals surface area (Å²) in [6, 6.07) is 13.3. The number of carbonyl (C=O) groups excluding carboxylic acids is 1. The molecule has 2 aromatic rings. The largest absolute Gasteiger partial charge is 0.493 e. The predicted molar refractivity (Wildman–Crippen MR) is 98.7 cm³/mol. The van der Waals surface area contributed by atoms with E-state index >= 15 is 0 Å². The van der Waals surface area contributed by atoms with Gasteiger partial charge in [0.05, 0.1) is 25.5 Å². The summed E-state index contributed by atoms with van der Waals surface area (Å²) >= 11 is 6.13. The predicted octanol–water partition coefficient (Wildman–Crippen LogP) is 3.66. The van der Waals surface area contributed by atoms with Gasteiger partial charge in [-0.05, 0) is 43.2 Å². The maximum absolute atomic E-state index is 13.0. The number of amides is 1. The van der Waals surface area contributed by atoms with Crippen molar-refractivity contribution < 1.29 is 19.0 Å². The number of hydrogen-bond donors (Lipinski definition) is 0. The summed E-state index contributed by atoms with van der Waals surface area (Å²) in [6.45, 7) is 3.84. The van der Waals surface area contributed by atoms with Crippen molar-refractivity contribution in [3.05, 3.63) is 58.6 Å². The molecule has 2 aromatic carbocycles. The lowest BCUT2D eigenvalue weighted by Gasteiger charge is -2.22. The van der Waals surface area contributed by atoms with Crippen molar-refractivity contribution in [2.75, 3.05) is 31.3 Å². The average molecular weight is 374 g/mol. The fourth-order valence-electron chi connectivity index (χ4n) is 3.45. The van der Waals surface area contributed by atoms with Crippen molar-refractivity contribution in [1.82, 2.24) is 0 Å². The molecule has 2 aliphatic rings. The van der Waals surface area contributed by atoms with Crippen molar-refractivity contribution in [3.63, 3.8) is 0 Å². The number of benzene rings is 2. The summed E-state index contributed by atoms with van der Waals surface area (Å²) in [5.74, 6) is -0.661. The van der Waals surface area contributed by atoms with E-state index in [9.17, 15) is 4.79 Å². The van der Waals surface area contributed by atoms with Crippen LogP contribution in [0.15, 0.2) is 42.5 Å². The average Bonchev–Trinajstić information content (AvgIpc) is 3.21. The fourth-order valence-corrected chi connectivity index (χ4v) is 3.62. The highest BCUT2D eigenvalue weighted by Crippen LogP contribution is 2.46. The van der Waals surface area contributed by atoms with Gasteiger partial charge in [0.15, 0.2) is 0 Å². The van der Waals surface area contributed by atoms with E-state index in [2.05, 4.69) is 0 Å². The van der Waals surface area contributed by atoms with Gasteiger partial charge in [-0.3, -0.25) is 4.79 Å². The zero-order chi connectivity index (χ0) is 18.1. The molecule has 0 atom stereocenters. The second kappa shape index (κ2) is 6.91. The number of carbonyl (C=O) groups is 1. The molecule has 1 saturated heterocycles. The molecular formula is C20H20ClNO4. The number of aryl methyl sites for hydroxylation is 1. The first-order valence-electron chi connectivity index (χ1n) is 8.70. The minimum atomic E-state index is -1.34. The number of hydrogen-bond acceptors (Lipinski definition) is 4.